The van der Waals surface area contributed by atoms with Crippen LogP contribution >= 0.6 is 0 Å². The van der Waals surface area contributed by atoms with E-state index in [2.05, 4.69) is 55.5 Å². The van der Waals surface area contributed by atoms with Crippen molar-refractivity contribution in [3.05, 3.63) is 70.8 Å². The Balaban J connectivity index is 1.88. The highest BCUT2D eigenvalue weighted by Gasteiger charge is 2.22. The van der Waals surface area contributed by atoms with Crippen LogP contribution in [0.1, 0.15) is 48.8 Å². The summed E-state index contributed by atoms with van der Waals surface area (Å²) in [5.74, 6) is 2.30. The SMILES string of the molecule is COc1cc(CCc2ccccc2)cc(OC)c1C1C=C(C)CCC1. The number of hydrogen-bond acceptors (Lipinski definition) is 2. The Labute approximate surface area is 151 Å². The van der Waals surface area contributed by atoms with Crippen molar-refractivity contribution in [1.29, 1.82) is 0 Å². The Kier molecular flexibility index (Phi) is 5.80. The first-order valence-corrected chi connectivity index (χ1v) is 9.17. The molecule has 0 aliphatic heterocycles. The molecule has 132 valence electrons. The minimum Gasteiger partial charge on any atom is -0.496 e. The third-order valence-electron chi connectivity index (χ3n) is 5.09. The average Bonchev–Trinajstić information content (AvgIpc) is 2.66. The molecular weight excluding hydrogens is 308 g/mol. The van der Waals surface area contributed by atoms with Gasteiger partial charge in [0.05, 0.1) is 14.2 Å². The maximum atomic E-state index is 5.76. The Morgan fingerprint density at radius 1 is 0.920 bits per heavy atom. The minimum atomic E-state index is 0.391. The van der Waals surface area contributed by atoms with E-state index in [1.54, 1.807) is 14.2 Å². The van der Waals surface area contributed by atoms with Crippen LogP contribution in [-0.2, 0) is 12.8 Å². The maximum absolute atomic E-state index is 5.76. The molecule has 0 aromatic heterocycles. The van der Waals surface area contributed by atoms with Gasteiger partial charge in [-0.3, -0.25) is 0 Å². The molecule has 0 N–H and O–H groups in total. The summed E-state index contributed by atoms with van der Waals surface area (Å²) in [5.41, 5.74) is 5.29. The zero-order valence-corrected chi connectivity index (χ0v) is 15.5. The Morgan fingerprint density at radius 2 is 1.56 bits per heavy atom. The standard InChI is InChI=1S/C23H28O2/c1-17-8-7-11-20(14-17)23-21(24-2)15-19(16-22(23)25-3)13-12-18-9-5-4-6-10-18/h4-6,9-10,14-16,20H,7-8,11-13H2,1-3H3. The van der Waals surface area contributed by atoms with E-state index in [1.807, 2.05) is 0 Å². The highest BCUT2D eigenvalue weighted by molar-refractivity contribution is 5.52. The largest absolute Gasteiger partial charge is 0.496 e. The quantitative estimate of drug-likeness (QED) is 0.630. The third kappa shape index (κ3) is 4.25. The lowest BCUT2D eigenvalue weighted by atomic mass is 9.84. The van der Waals surface area contributed by atoms with Gasteiger partial charge in [-0.05, 0) is 62.3 Å². The molecule has 0 saturated carbocycles. The van der Waals surface area contributed by atoms with Gasteiger partial charge in [-0.15, -0.1) is 0 Å². The van der Waals surface area contributed by atoms with Gasteiger partial charge < -0.3 is 9.47 Å². The second-order valence-electron chi connectivity index (χ2n) is 6.91. The predicted molar refractivity (Wildman–Crippen MR) is 104 cm³/mol. The molecule has 1 atom stereocenters. The van der Waals surface area contributed by atoms with E-state index in [4.69, 9.17) is 9.47 Å². The topological polar surface area (TPSA) is 18.5 Å². The second-order valence-corrected chi connectivity index (χ2v) is 6.91. The summed E-state index contributed by atoms with van der Waals surface area (Å²) in [6.07, 6.45) is 7.98. The smallest absolute Gasteiger partial charge is 0.126 e. The van der Waals surface area contributed by atoms with Gasteiger partial charge in [-0.2, -0.15) is 0 Å². The van der Waals surface area contributed by atoms with Crippen LogP contribution in [-0.4, -0.2) is 14.2 Å². The number of methoxy groups -OCH3 is 2. The van der Waals surface area contributed by atoms with E-state index in [0.717, 1.165) is 30.8 Å². The van der Waals surface area contributed by atoms with Crippen molar-refractivity contribution in [2.45, 2.75) is 44.9 Å². The molecule has 1 unspecified atom stereocenters. The minimum absolute atomic E-state index is 0.391. The Hall–Kier alpha value is -2.22. The van der Waals surface area contributed by atoms with E-state index in [-0.39, 0.29) is 0 Å². The Bertz CT molecular complexity index is 706. The fourth-order valence-corrected chi connectivity index (χ4v) is 3.77. The summed E-state index contributed by atoms with van der Waals surface area (Å²) in [6, 6.07) is 15.0. The lowest BCUT2D eigenvalue weighted by Crippen LogP contribution is -2.07. The normalized spacial score (nSPS) is 17.1. The number of allylic oxidation sites excluding steroid dienone is 2. The van der Waals surface area contributed by atoms with Crippen LogP contribution in [0.5, 0.6) is 11.5 Å². The molecule has 2 aromatic rings. The van der Waals surface area contributed by atoms with Gasteiger partial charge in [-0.25, -0.2) is 0 Å². The fraction of sp³-hybridized carbons (Fsp3) is 0.391. The molecular formula is C23H28O2. The molecule has 2 nitrogen and oxygen atoms in total. The highest BCUT2D eigenvalue weighted by atomic mass is 16.5. The molecule has 25 heavy (non-hydrogen) atoms. The first kappa shape index (κ1) is 17.6. The average molecular weight is 336 g/mol. The van der Waals surface area contributed by atoms with Crippen LogP contribution < -0.4 is 9.47 Å². The summed E-state index contributed by atoms with van der Waals surface area (Å²) in [5, 5.41) is 0. The summed E-state index contributed by atoms with van der Waals surface area (Å²) in [4.78, 5) is 0. The Morgan fingerprint density at radius 3 is 2.16 bits per heavy atom. The molecule has 0 heterocycles. The molecule has 2 heteroatoms. The van der Waals surface area contributed by atoms with Crippen molar-refractivity contribution in [1.82, 2.24) is 0 Å². The number of hydrogen-bond donors (Lipinski definition) is 0. The first-order valence-electron chi connectivity index (χ1n) is 9.17. The zero-order valence-electron chi connectivity index (χ0n) is 15.5. The van der Waals surface area contributed by atoms with Gasteiger partial charge in [0, 0.05) is 11.5 Å². The zero-order chi connectivity index (χ0) is 17.6. The molecule has 0 fully saturated rings. The van der Waals surface area contributed by atoms with E-state index >= 15 is 0 Å². The van der Waals surface area contributed by atoms with Crippen LogP contribution in [0.3, 0.4) is 0 Å². The van der Waals surface area contributed by atoms with Crippen molar-refractivity contribution in [2.24, 2.45) is 0 Å². The van der Waals surface area contributed by atoms with Gasteiger partial charge in [0.15, 0.2) is 0 Å². The third-order valence-corrected chi connectivity index (χ3v) is 5.09. The maximum Gasteiger partial charge on any atom is 0.126 e. The molecule has 1 aliphatic rings. The predicted octanol–water partition coefficient (Wildman–Crippen LogP) is 5.70. The van der Waals surface area contributed by atoms with E-state index in [9.17, 15) is 0 Å². The number of aryl methyl sites for hydroxylation is 2. The van der Waals surface area contributed by atoms with Gasteiger partial charge in [-0.1, -0.05) is 42.0 Å². The fourth-order valence-electron chi connectivity index (χ4n) is 3.77. The van der Waals surface area contributed by atoms with Gasteiger partial charge in [0.2, 0.25) is 0 Å². The van der Waals surface area contributed by atoms with Crippen LogP contribution in [0, 0.1) is 0 Å². The second kappa shape index (κ2) is 8.24. The van der Waals surface area contributed by atoms with Crippen molar-refractivity contribution in [3.63, 3.8) is 0 Å². The lowest BCUT2D eigenvalue weighted by Gasteiger charge is -2.24. The summed E-state index contributed by atoms with van der Waals surface area (Å²) in [6.45, 7) is 2.22. The van der Waals surface area contributed by atoms with Crippen LogP contribution in [0.25, 0.3) is 0 Å². The summed E-state index contributed by atoms with van der Waals surface area (Å²) in [7, 11) is 3.53. The molecule has 3 rings (SSSR count). The highest BCUT2D eigenvalue weighted by Crippen LogP contribution is 2.42. The molecule has 0 bridgehead atoms. The number of rotatable bonds is 6. The molecule has 0 amide bonds. The monoisotopic (exact) mass is 336 g/mol. The van der Waals surface area contributed by atoms with Crippen LogP contribution in [0.15, 0.2) is 54.1 Å². The molecule has 0 saturated heterocycles. The lowest BCUT2D eigenvalue weighted by molar-refractivity contribution is 0.378. The van der Waals surface area contributed by atoms with Crippen LogP contribution in [0.2, 0.25) is 0 Å². The van der Waals surface area contributed by atoms with Crippen molar-refractivity contribution >= 4 is 0 Å². The van der Waals surface area contributed by atoms with E-state index < -0.39 is 0 Å². The van der Waals surface area contributed by atoms with Gasteiger partial charge in [0.1, 0.15) is 11.5 Å². The molecule has 0 spiro atoms. The van der Waals surface area contributed by atoms with Gasteiger partial charge >= 0.3 is 0 Å². The van der Waals surface area contributed by atoms with Crippen LogP contribution in [0.4, 0.5) is 0 Å². The van der Waals surface area contributed by atoms with Crippen molar-refractivity contribution < 1.29 is 9.47 Å². The van der Waals surface area contributed by atoms with Gasteiger partial charge in [0.25, 0.3) is 0 Å². The first-order chi connectivity index (χ1) is 12.2. The van der Waals surface area contributed by atoms with E-state index in [0.29, 0.717) is 5.92 Å². The molecule has 1 aliphatic carbocycles. The van der Waals surface area contributed by atoms with E-state index in [1.165, 1.54) is 35.1 Å². The summed E-state index contributed by atoms with van der Waals surface area (Å²) >= 11 is 0. The van der Waals surface area contributed by atoms with Crippen molar-refractivity contribution in [2.75, 3.05) is 14.2 Å². The van der Waals surface area contributed by atoms with Crippen molar-refractivity contribution in [3.8, 4) is 11.5 Å². The molecule has 2 aromatic carbocycles. The number of ether oxygens (including phenoxy) is 2. The number of benzene rings is 2. The summed E-state index contributed by atoms with van der Waals surface area (Å²) < 4.78 is 11.5. The molecule has 0 radical (unpaired) electrons.